The first-order chi connectivity index (χ1) is 37.0. The van der Waals surface area contributed by atoms with Crippen LogP contribution in [-0.2, 0) is 27.9 Å². The molecule has 13 rings (SSSR count). The zero-order chi connectivity index (χ0) is 55.0. The minimum absolute atomic E-state index is 0.360. The van der Waals surface area contributed by atoms with Crippen LogP contribution in [-0.4, -0.2) is 63.9 Å². The average Bonchev–Trinajstić information content (AvgIpc) is 4.35. The van der Waals surface area contributed by atoms with E-state index in [1.54, 1.807) is 0 Å². The molecule has 0 unspecified atom stereocenters. The predicted octanol–water partition coefficient (Wildman–Crippen LogP) is 16.2. The molecule has 8 nitrogen and oxygen atoms in total. The Balaban J connectivity index is 0.000000131. The van der Waals surface area contributed by atoms with Gasteiger partial charge in [-0.1, -0.05) is 155 Å². The fraction of sp³-hybridized carbons (Fsp3) is 0.273. The fourth-order valence-corrected chi connectivity index (χ4v) is 10.8. The van der Waals surface area contributed by atoms with E-state index in [1.807, 2.05) is 67.5 Å². The lowest BCUT2D eigenvalue weighted by atomic mass is 9.49. The molecule has 5 heterocycles. The van der Waals surface area contributed by atoms with Gasteiger partial charge in [-0.2, -0.15) is 0 Å². The molecule has 3 aliphatic heterocycles. The molecule has 0 amide bonds. The van der Waals surface area contributed by atoms with Crippen molar-refractivity contribution in [2.24, 2.45) is 0 Å². The van der Waals surface area contributed by atoms with Crippen molar-refractivity contribution in [3.63, 3.8) is 0 Å². The summed E-state index contributed by atoms with van der Waals surface area (Å²) >= 11 is 3.63. The number of hydrogen-bond donors (Lipinski definition) is 0. The van der Waals surface area contributed by atoms with Gasteiger partial charge in [-0.05, 0) is 165 Å². The molecule has 0 atom stereocenters. The molecule has 78 heavy (non-hydrogen) atoms. The summed E-state index contributed by atoms with van der Waals surface area (Å²) in [6, 6.07) is 68.8. The second-order valence-electron chi connectivity index (χ2n) is 23.8. The van der Waals surface area contributed by atoms with Crippen molar-refractivity contribution in [2.75, 3.05) is 0 Å². The van der Waals surface area contributed by atoms with E-state index in [0.717, 1.165) is 21.1 Å². The molecule has 8 aromatic carbocycles. The third-order valence-corrected chi connectivity index (χ3v) is 17.6. The molecular weight excluding hydrogens is 1030 g/mol. The summed E-state index contributed by atoms with van der Waals surface area (Å²) in [5, 5.41) is 5.02. The highest BCUT2D eigenvalue weighted by Crippen LogP contribution is 2.44. The normalized spacial score (nSPS) is 18.6. The molecule has 0 bridgehead atoms. The lowest BCUT2D eigenvalue weighted by molar-refractivity contribution is 0.00578. The third-order valence-electron chi connectivity index (χ3n) is 17.1. The van der Waals surface area contributed by atoms with Crippen LogP contribution in [0.25, 0.3) is 77.2 Å². The van der Waals surface area contributed by atoms with Crippen molar-refractivity contribution >= 4 is 86.1 Å². The lowest BCUT2D eigenvalue weighted by Crippen LogP contribution is -2.41. The average molecular weight is 1100 g/mol. The topological polar surface area (TPSA) is 65.2 Å². The molecule has 2 aromatic heterocycles. The Morgan fingerprint density at radius 2 is 0.628 bits per heavy atom. The highest BCUT2D eigenvalue weighted by atomic mass is 79.9. The van der Waals surface area contributed by atoms with Gasteiger partial charge >= 0.3 is 21.1 Å². The summed E-state index contributed by atoms with van der Waals surface area (Å²) in [4.78, 5) is 0. The summed E-state index contributed by atoms with van der Waals surface area (Å²) in [6.45, 7) is 24.6. The molecule has 10 aromatic rings. The summed E-state index contributed by atoms with van der Waals surface area (Å²) in [5.41, 5.74) is 10.9. The molecule has 12 heteroatoms. The minimum Gasteiger partial charge on any atom is -0.405 e. The Hall–Kier alpha value is -6.21. The van der Waals surface area contributed by atoms with Gasteiger partial charge in [0.25, 0.3) is 0 Å². The number of aromatic nitrogens is 2. The summed E-state index contributed by atoms with van der Waals surface area (Å²) < 4.78 is 42.3. The van der Waals surface area contributed by atoms with E-state index in [-0.39, 0.29) is 40.7 Å². The third kappa shape index (κ3) is 9.89. The monoisotopic (exact) mass is 1100 g/mol. The van der Waals surface area contributed by atoms with Gasteiger partial charge in [0.15, 0.2) is 0 Å². The van der Waals surface area contributed by atoms with Crippen molar-refractivity contribution in [3.8, 4) is 33.6 Å². The maximum Gasteiger partial charge on any atom is 0.494 e. The Morgan fingerprint density at radius 1 is 0.308 bits per heavy atom. The Labute approximate surface area is 469 Å². The van der Waals surface area contributed by atoms with Crippen LogP contribution in [0, 0.1) is 0 Å². The second-order valence-corrected chi connectivity index (χ2v) is 24.7. The Kier molecular flexibility index (Phi) is 13.9. The van der Waals surface area contributed by atoms with Gasteiger partial charge in [-0.25, -0.2) is 0 Å². The van der Waals surface area contributed by atoms with Crippen molar-refractivity contribution in [1.82, 2.24) is 9.13 Å². The molecule has 0 aliphatic carbocycles. The van der Waals surface area contributed by atoms with Crippen molar-refractivity contribution < 1.29 is 27.9 Å². The standard InChI is InChI=1S/C30H28BNO2.C24H16BrN.C12H24B2O4/c1-29(2)30(3,4)34-31(33-29)23-16-19-26-25-12-8-9-13-27(25)32(28(26)20-23)24-17-14-22(15-18-24)21-10-6-5-7-11-21;25-19-12-15-22-21-8-4-5-9-23(21)26(24(22)16-19)20-13-10-18(11-14-20)17-6-2-1-3-7-17;1-9(2)10(3,4)16-13(15-9)14-17-11(5,6)12(7,8)18-14/h5-20H,1-4H3;1-16H;1-8H3. The summed E-state index contributed by atoms with van der Waals surface area (Å²) in [6.07, 6.45) is 0. The maximum atomic E-state index is 6.35. The van der Waals surface area contributed by atoms with Crippen LogP contribution in [0.2, 0.25) is 0 Å². The van der Waals surface area contributed by atoms with Gasteiger partial charge in [0, 0.05) is 37.4 Å². The zero-order valence-electron chi connectivity index (χ0n) is 46.9. The number of halogens is 1. The Bertz CT molecular complexity index is 3720. The van der Waals surface area contributed by atoms with Gasteiger partial charge in [-0.3, -0.25) is 0 Å². The molecule has 3 saturated heterocycles. The van der Waals surface area contributed by atoms with Crippen LogP contribution < -0.4 is 5.46 Å². The van der Waals surface area contributed by atoms with Crippen LogP contribution in [0.3, 0.4) is 0 Å². The lowest BCUT2D eigenvalue weighted by Gasteiger charge is -2.32. The molecule has 0 spiro atoms. The van der Waals surface area contributed by atoms with Gasteiger partial charge < -0.3 is 37.1 Å². The number of rotatable bonds is 6. The van der Waals surface area contributed by atoms with Crippen LogP contribution in [0.5, 0.6) is 0 Å². The molecule has 0 saturated carbocycles. The van der Waals surface area contributed by atoms with Gasteiger partial charge in [-0.15, -0.1) is 0 Å². The smallest absolute Gasteiger partial charge is 0.405 e. The van der Waals surface area contributed by atoms with Crippen molar-refractivity contribution in [1.29, 1.82) is 0 Å². The predicted molar refractivity (Wildman–Crippen MR) is 328 cm³/mol. The highest BCUT2D eigenvalue weighted by Gasteiger charge is 2.63. The quantitative estimate of drug-likeness (QED) is 0.155. The molecule has 0 N–H and O–H groups in total. The number of nitrogens with zero attached hydrogens (tertiary/aromatic N) is 2. The van der Waals surface area contributed by atoms with Crippen LogP contribution in [0.15, 0.2) is 199 Å². The van der Waals surface area contributed by atoms with Gasteiger partial charge in [0.1, 0.15) is 0 Å². The zero-order valence-corrected chi connectivity index (χ0v) is 48.5. The molecule has 3 aliphatic rings. The van der Waals surface area contributed by atoms with Crippen LogP contribution in [0.1, 0.15) is 83.1 Å². The largest absolute Gasteiger partial charge is 0.494 e. The number of benzene rings is 8. The van der Waals surface area contributed by atoms with Crippen LogP contribution >= 0.6 is 15.9 Å². The summed E-state index contributed by atoms with van der Waals surface area (Å²) in [5.74, 6) is 0. The molecule has 0 radical (unpaired) electrons. The Morgan fingerprint density at radius 3 is 1.04 bits per heavy atom. The van der Waals surface area contributed by atoms with Crippen LogP contribution in [0.4, 0.5) is 0 Å². The molecule has 3 fully saturated rings. The van der Waals surface area contributed by atoms with E-state index in [1.165, 1.54) is 66.0 Å². The number of hydrogen-bond acceptors (Lipinski definition) is 6. The highest BCUT2D eigenvalue weighted by molar-refractivity contribution is 9.10. The van der Waals surface area contributed by atoms with E-state index in [0.29, 0.717) is 0 Å². The first-order valence-electron chi connectivity index (χ1n) is 27.1. The maximum absolute atomic E-state index is 6.35. The number of para-hydroxylation sites is 2. The van der Waals surface area contributed by atoms with Gasteiger partial charge in [0.2, 0.25) is 0 Å². The second kappa shape index (κ2) is 20.2. The van der Waals surface area contributed by atoms with E-state index < -0.39 is 14.0 Å². The van der Waals surface area contributed by atoms with Crippen molar-refractivity contribution in [3.05, 3.63) is 199 Å². The summed E-state index contributed by atoms with van der Waals surface area (Å²) in [7, 11) is -1.34. The van der Waals surface area contributed by atoms with E-state index in [9.17, 15) is 0 Å². The van der Waals surface area contributed by atoms with Gasteiger partial charge in [0.05, 0.1) is 55.7 Å². The fourth-order valence-electron chi connectivity index (χ4n) is 10.5. The molecule has 394 valence electrons. The molecular formula is C66H68B3BrN2O6. The minimum atomic E-state index is -0.476. The first kappa shape index (κ1) is 53.8. The SMILES string of the molecule is Brc1ccc2c3ccccc3n(-c3ccc(-c4ccccc4)cc3)c2c1.CC1(C)OB(B2OC(C)(C)C(C)(C)O2)OC1(C)C.CC1(C)OB(c2ccc3c4ccccc4n(-c4ccc(-c5ccccc5)cc4)c3c2)OC1(C)C. The van der Waals surface area contributed by atoms with E-state index >= 15 is 0 Å². The number of fused-ring (bicyclic) bond motifs is 6. The van der Waals surface area contributed by atoms with Crippen molar-refractivity contribution in [2.45, 2.75) is 117 Å². The van der Waals surface area contributed by atoms with E-state index in [2.05, 4.69) is 235 Å². The van der Waals surface area contributed by atoms with E-state index in [4.69, 9.17) is 27.9 Å². The first-order valence-corrected chi connectivity index (χ1v) is 27.9.